The summed E-state index contributed by atoms with van der Waals surface area (Å²) in [5, 5.41) is 0. The van der Waals surface area contributed by atoms with Gasteiger partial charge in [-0.1, -0.05) is 44.9 Å². The van der Waals surface area contributed by atoms with Crippen molar-refractivity contribution in [1.82, 2.24) is 0 Å². The van der Waals surface area contributed by atoms with Crippen LogP contribution in [0.4, 0.5) is 0 Å². The Morgan fingerprint density at radius 2 is 1.69 bits per heavy atom. The van der Waals surface area contributed by atoms with Crippen LogP contribution in [0.1, 0.15) is 26.7 Å². The zero-order valence-corrected chi connectivity index (χ0v) is 9.16. The third kappa shape index (κ3) is 7.76. The van der Waals surface area contributed by atoms with Crippen LogP contribution in [0.15, 0.2) is 30.3 Å². The Kier molecular flexibility index (Phi) is 9.07. The Labute approximate surface area is 81.9 Å². The van der Waals surface area contributed by atoms with E-state index in [1.807, 2.05) is 18.2 Å². The minimum atomic E-state index is -0.465. The molecule has 0 amide bonds. The standard InChI is InChI=1S/C6H7O2P.C4H10/c7-9-8-6-4-2-1-3-5-6;1-3-4-2/h1-5,7,9H;3-4H2,1-2H3. The van der Waals surface area contributed by atoms with E-state index < -0.39 is 9.03 Å². The van der Waals surface area contributed by atoms with Crippen molar-refractivity contribution in [3.8, 4) is 5.75 Å². The van der Waals surface area contributed by atoms with Crippen LogP contribution in [0.25, 0.3) is 0 Å². The van der Waals surface area contributed by atoms with Gasteiger partial charge in [-0.25, -0.2) is 0 Å². The molecule has 0 aliphatic carbocycles. The average molecular weight is 200 g/mol. The average Bonchev–Trinajstić information content (AvgIpc) is 2.20. The predicted molar refractivity (Wildman–Crippen MR) is 58.2 cm³/mol. The molecule has 1 unspecified atom stereocenters. The highest BCUT2D eigenvalue weighted by molar-refractivity contribution is 7.25. The molecule has 0 radical (unpaired) electrons. The van der Waals surface area contributed by atoms with Gasteiger partial charge < -0.3 is 9.42 Å². The lowest BCUT2D eigenvalue weighted by Crippen LogP contribution is -1.73. The lowest BCUT2D eigenvalue weighted by Gasteiger charge is -1.97. The van der Waals surface area contributed by atoms with Gasteiger partial charge in [-0.2, -0.15) is 0 Å². The molecule has 0 aliphatic rings. The maximum atomic E-state index is 8.33. The molecule has 0 heterocycles. The second-order valence-electron chi connectivity index (χ2n) is 2.51. The van der Waals surface area contributed by atoms with E-state index in [2.05, 4.69) is 13.8 Å². The van der Waals surface area contributed by atoms with E-state index in [1.165, 1.54) is 12.8 Å². The number of hydrogen-bond donors (Lipinski definition) is 1. The number of para-hydroxylation sites is 1. The first kappa shape index (κ1) is 12.4. The molecule has 0 saturated carbocycles. The molecule has 1 aromatic rings. The lowest BCUT2D eigenvalue weighted by molar-refractivity contribution is 0.514. The first-order chi connectivity index (χ1) is 6.35. The zero-order valence-electron chi connectivity index (χ0n) is 8.16. The normalized spacial score (nSPS) is 9.46. The first-order valence-electron chi connectivity index (χ1n) is 4.46. The van der Waals surface area contributed by atoms with Crippen LogP contribution in [-0.4, -0.2) is 4.89 Å². The molecule has 74 valence electrons. The van der Waals surface area contributed by atoms with Crippen molar-refractivity contribution in [3.05, 3.63) is 30.3 Å². The molecular formula is C10H17O2P. The van der Waals surface area contributed by atoms with Crippen molar-refractivity contribution < 1.29 is 9.42 Å². The number of benzene rings is 1. The van der Waals surface area contributed by atoms with Gasteiger partial charge >= 0.3 is 0 Å². The van der Waals surface area contributed by atoms with Crippen LogP contribution < -0.4 is 4.52 Å². The van der Waals surface area contributed by atoms with Gasteiger partial charge in [0.15, 0.2) is 0 Å². The van der Waals surface area contributed by atoms with Crippen molar-refractivity contribution in [2.24, 2.45) is 0 Å². The minimum Gasteiger partial charge on any atom is -0.450 e. The topological polar surface area (TPSA) is 29.5 Å². The SMILES string of the molecule is CCCC.OPOc1ccccc1. The summed E-state index contributed by atoms with van der Waals surface area (Å²) in [6.45, 7) is 4.36. The second kappa shape index (κ2) is 9.50. The second-order valence-corrected chi connectivity index (χ2v) is 2.89. The van der Waals surface area contributed by atoms with E-state index in [9.17, 15) is 0 Å². The highest BCUT2D eigenvalue weighted by Crippen LogP contribution is 2.15. The van der Waals surface area contributed by atoms with Crippen LogP contribution in [-0.2, 0) is 0 Å². The Hall–Kier alpha value is -0.590. The van der Waals surface area contributed by atoms with Crippen LogP contribution >= 0.6 is 9.03 Å². The van der Waals surface area contributed by atoms with E-state index in [4.69, 9.17) is 9.42 Å². The summed E-state index contributed by atoms with van der Waals surface area (Å²) in [6, 6.07) is 9.20. The molecule has 0 fully saturated rings. The lowest BCUT2D eigenvalue weighted by atomic mass is 10.3. The Morgan fingerprint density at radius 3 is 2.08 bits per heavy atom. The Morgan fingerprint density at radius 1 is 1.15 bits per heavy atom. The summed E-state index contributed by atoms with van der Waals surface area (Å²) < 4.78 is 4.79. The van der Waals surface area contributed by atoms with Gasteiger partial charge in [-0.05, 0) is 12.1 Å². The Bertz CT molecular complexity index is 187. The van der Waals surface area contributed by atoms with Crippen LogP contribution in [0.3, 0.4) is 0 Å². The molecule has 1 rings (SSSR count). The number of unbranched alkanes of at least 4 members (excludes halogenated alkanes) is 1. The summed E-state index contributed by atoms with van der Waals surface area (Å²) in [5.74, 6) is 0.707. The van der Waals surface area contributed by atoms with Crippen molar-refractivity contribution in [2.75, 3.05) is 0 Å². The fraction of sp³-hybridized carbons (Fsp3) is 0.400. The molecule has 2 nitrogen and oxygen atoms in total. The predicted octanol–water partition coefficient (Wildman–Crippen LogP) is 3.37. The fourth-order valence-corrected chi connectivity index (χ4v) is 0.783. The molecular weight excluding hydrogens is 183 g/mol. The molecule has 1 atom stereocenters. The molecule has 3 heteroatoms. The van der Waals surface area contributed by atoms with Crippen LogP contribution in [0, 0.1) is 0 Å². The van der Waals surface area contributed by atoms with Crippen LogP contribution in [0.5, 0.6) is 5.75 Å². The van der Waals surface area contributed by atoms with E-state index in [-0.39, 0.29) is 0 Å². The summed E-state index contributed by atoms with van der Waals surface area (Å²) >= 11 is 0. The molecule has 0 aromatic heterocycles. The van der Waals surface area contributed by atoms with Crippen molar-refractivity contribution in [2.45, 2.75) is 26.7 Å². The Balaban J connectivity index is 0.000000310. The highest BCUT2D eigenvalue weighted by Gasteiger charge is 1.85. The summed E-state index contributed by atoms with van der Waals surface area (Å²) in [5.41, 5.74) is 0. The summed E-state index contributed by atoms with van der Waals surface area (Å²) in [4.78, 5) is 8.33. The van der Waals surface area contributed by atoms with Gasteiger partial charge in [0.1, 0.15) is 5.75 Å². The van der Waals surface area contributed by atoms with E-state index in [0.717, 1.165) is 0 Å². The fourth-order valence-electron chi connectivity index (χ4n) is 0.541. The maximum Gasteiger partial charge on any atom is 0.212 e. The van der Waals surface area contributed by atoms with Gasteiger partial charge in [0.25, 0.3) is 0 Å². The molecule has 0 bridgehead atoms. The smallest absolute Gasteiger partial charge is 0.212 e. The van der Waals surface area contributed by atoms with Gasteiger partial charge in [-0.3, -0.25) is 0 Å². The first-order valence-corrected chi connectivity index (χ1v) is 5.31. The van der Waals surface area contributed by atoms with Gasteiger partial charge in [-0.15, -0.1) is 0 Å². The van der Waals surface area contributed by atoms with E-state index >= 15 is 0 Å². The van der Waals surface area contributed by atoms with E-state index in [1.54, 1.807) is 12.1 Å². The quantitative estimate of drug-likeness (QED) is 0.758. The third-order valence-electron chi connectivity index (χ3n) is 1.41. The summed E-state index contributed by atoms with van der Waals surface area (Å²) in [7, 11) is -0.465. The van der Waals surface area contributed by atoms with Gasteiger partial charge in [0.05, 0.1) is 0 Å². The van der Waals surface area contributed by atoms with Crippen molar-refractivity contribution in [3.63, 3.8) is 0 Å². The molecule has 0 spiro atoms. The highest BCUT2D eigenvalue weighted by atomic mass is 31.1. The zero-order chi connectivity index (χ0) is 9.94. The van der Waals surface area contributed by atoms with Crippen molar-refractivity contribution >= 4 is 9.03 Å². The molecule has 0 aliphatic heterocycles. The number of rotatable bonds is 3. The number of hydrogen-bond acceptors (Lipinski definition) is 2. The monoisotopic (exact) mass is 200 g/mol. The summed E-state index contributed by atoms with van der Waals surface area (Å²) in [6.07, 6.45) is 2.64. The van der Waals surface area contributed by atoms with Gasteiger partial charge in [0, 0.05) is 0 Å². The van der Waals surface area contributed by atoms with Crippen LogP contribution in [0.2, 0.25) is 0 Å². The minimum absolute atomic E-state index is 0.465. The molecule has 13 heavy (non-hydrogen) atoms. The largest absolute Gasteiger partial charge is 0.450 e. The molecule has 0 saturated heterocycles. The van der Waals surface area contributed by atoms with Gasteiger partial charge in [0.2, 0.25) is 9.03 Å². The maximum absolute atomic E-state index is 8.33. The molecule has 1 aromatic carbocycles. The van der Waals surface area contributed by atoms with Crippen molar-refractivity contribution in [1.29, 1.82) is 0 Å². The van der Waals surface area contributed by atoms with E-state index in [0.29, 0.717) is 5.75 Å². The molecule has 1 N–H and O–H groups in total. The third-order valence-corrected chi connectivity index (χ3v) is 1.73.